The number of imidazole rings is 1. The highest BCUT2D eigenvalue weighted by Crippen LogP contribution is 2.35. The van der Waals surface area contributed by atoms with Gasteiger partial charge in [0.2, 0.25) is 5.91 Å². The number of anilines is 1. The van der Waals surface area contributed by atoms with E-state index in [1.165, 1.54) is 0 Å². The van der Waals surface area contributed by atoms with Gasteiger partial charge in [0.1, 0.15) is 12.2 Å². The molecule has 0 aliphatic carbocycles. The summed E-state index contributed by atoms with van der Waals surface area (Å²) in [5.74, 6) is 1.37. The Kier molecular flexibility index (Phi) is 6.94. The second-order valence-electron chi connectivity index (χ2n) is 9.54. The number of aromatic nitrogens is 4. The molecule has 1 atom stereocenters. The fourth-order valence-electron chi connectivity index (χ4n) is 5.07. The Morgan fingerprint density at radius 2 is 1.54 bits per heavy atom. The van der Waals surface area contributed by atoms with Gasteiger partial charge < -0.3 is 9.80 Å². The number of piperazine rings is 1. The predicted molar refractivity (Wildman–Crippen MR) is 156 cm³/mol. The fraction of sp³-hybridized carbons (Fsp3) is 0.200. The van der Waals surface area contributed by atoms with Crippen LogP contribution in [-0.4, -0.2) is 56.5 Å². The van der Waals surface area contributed by atoms with Crippen molar-refractivity contribution in [1.82, 2.24) is 24.4 Å². The third-order valence-corrected chi connectivity index (χ3v) is 7.77. The van der Waals surface area contributed by atoms with Crippen LogP contribution in [0, 0.1) is 0 Å². The average molecular weight is 557 g/mol. The first-order valence-electron chi connectivity index (χ1n) is 12.8. The Balaban J connectivity index is 1.34. The van der Waals surface area contributed by atoms with Crippen LogP contribution >= 0.6 is 23.2 Å². The third kappa shape index (κ3) is 4.84. The van der Waals surface area contributed by atoms with Crippen molar-refractivity contribution in [3.8, 4) is 17.1 Å². The molecule has 1 aliphatic heterocycles. The molecule has 0 radical (unpaired) electrons. The average Bonchev–Trinajstić information content (AvgIpc) is 3.37. The lowest BCUT2D eigenvalue weighted by molar-refractivity contribution is -0.132. The zero-order chi connectivity index (χ0) is 26.9. The molecule has 39 heavy (non-hydrogen) atoms. The summed E-state index contributed by atoms with van der Waals surface area (Å²) >= 11 is 12.8. The lowest BCUT2D eigenvalue weighted by Gasteiger charge is -2.36. The second-order valence-corrected chi connectivity index (χ2v) is 10.4. The first-order chi connectivity index (χ1) is 19.0. The second kappa shape index (κ2) is 10.7. The van der Waals surface area contributed by atoms with E-state index in [-0.39, 0.29) is 11.8 Å². The zero-order valence-electron chi connectivity index (χ0n) is 21.3. The molecule has 0 saturated carbocycles. The normalized spacial score (nSPS) is 14.5. The molecule has 1 amide bonds. The van der Waals surface area contributed by atoms with Crippen LogP contribution in [0.15, 0.2) is 85.2 Å². The van der Waals surface area contributed by atoms with Crippen molar-refractivity contribution in [2.45, 2.75) is 12.8 Å². The van der Waals surface area contributed by atoms with E-state index < -0.39 is 0 Å². The number of nitrogens with zero attached hydrogens (tertiary/aromatic N) is 6. The van der Waals surface area contributed by atoms with E-state index in [1.807, 2.05) is 95.3 Å². The van der Waals surface area contributed by atoms with Gasteiger partial charge in [-0.15, -0.1) is 0 Å². The number of fused-ring (bicyclic) bond motifs is 1. The largest absolute Gasteiger partial charge is 0.351 e. The maximum atomic E-state index is 13.2. The summed E-state index contributed by atoms with van der Waals surface area (Å²) in [6.07, 6.45) is 1.57. The minimum Gasteiger partial charge on any atom is -0.351 e. The van der Waals surface area contributed by atoms with Crippen molar-refractivity contribution in [1.29, 1.82) is 0 Å². The zero-order valence-corrected chi connectivity index (χ0v) is 22.8. The number of benzene rings is 3. The van der Waals surface area contributed by atoms with Crippen LogP contribution in [0.1, 0.15) is 18.4 Å². The van der Waals surface area contributed by atoms with E-state index in [0.717, 1.165) is 22.6 Å². The molecule has 6 rings (SSSR count). The molecule has 1 aliphatic rings. The molecular weight excluding hydrogens is 531 g/mol. The van der Waals surface area contributed by atoms with Gasteiger partial charge in [-0.1, -0.05) is 65.7 Å². The Labute approximate surface area is 236 Å². The van der Waals surface area contributed by atoms with Gasteiger partial charge in [0.25, 0.3) is 0 Å². The highest BCUT2D eigenvalue weighted by molar-refractivity contribution is 6.33. The molecule has 9 heteroatoms. The van der Waals surface area contributed by atoms with Crippen molar-refractivity contribution >= 4 is 46.1 Å². The van der Waals surface area contributed by atoms with E-state index >= 15 is 0 Å². The summed E-state index contributed by atoms with van der Waals surface area (Å²) in [5, 5.41) is 1.24. The summed E-state index contributed by atoms with van der Waals surface area (Å²) in [6, 6.07) is 25.1. The maximum absolute atomic E-state index is 13.2. The number of carbonyl (C=O) groups excluding carboxylic acids is 1. The minimum atomic E-state index is -0.184. The van der Waals surface area contributed by atoms with Crippen molar-refractivity contribution < 1.29 is 4.79 Å². The Morgan fingerprint density at radius 3 is 2.26 bits per heavy atom. The standard InChI is InChI=1S/C30H26Cl2N6O/c1-20(21-7-3-2-4-8-21)30(39)37-17-15-36(16-18-37)28-26-29(34-19-33-28)38(23-13-11-22(31)12-14-23)27(35-26)24-9-5-6-10-25(24)32/h2-14,19-20H,15-18H2,1H3. The van der Waals surface area contributed by atoms with E-state index in [0.29, 0.717) is 53.2 Å². The van der Waals surface area contributed by atoms with Crippen molar-refractivity contribution in [2.75, 3.05) is 31.1 Å². The van der Waals surface area contributed by atoms with E-state index in [2.05, 4.69) is 14.9 Å². The number of amides is 1. The van der Waals surface area contributed by atoms with Crippen LogP contribution in [0.2, 0.25) is 10.0 Å². The Morgan fingerprint density at radius 1 is 0.846 bits per heavy atom. The van der Waals surface area contributed by atoms with Crippen LogP contribution in [-0.2, 0) is 4.79 Å². The van der Waals surface area contributed by atoms with Crippen LogP contribution < -0.4 is 4.90 Å². The molecule has 5 aromatic rings. The topological polar surface area (TPSA) is 67.2 Å². The molecule has 1 fully saturated rings. The molecule has 3 aromatic carbocycles. The summed E-state index contributed by atoms with van der Waals surface area (Å²) in [6.45, 7) is 4.48. The van der Waals surface area contributed by atoms with E-state index in [9.17, 15) is 4.79 Å². The van der Waals surface area contributed by atoms with Crippen LogP contribution in [0.4, 0.5) is 5.82 Å². The lowest BCUT2D eigenvalue weighted by atomic mass is 9.99. The summed E-state index contributed by atoms with van der Waals surface area (Å²) in [5.41, 5.74) is 4.05. The van der Waals surface area contributed by atoms with Gasteiger partial charge >= 0.3 is 0 Å². The number of hydrogen-bond acceptors (Lipinski definition) is 5. The van der Waals surface area contributed by atoms with E-state index in [1.54, 1.807) is 6.33 Å². The van der Waals surface area contributed by atoms with Crippen molar-refractivity contribution in [3.63, 3.8) is 0 Å². The molecule has 0 N–H and O–H groups in total. The third-order valence-electron chi connectivity index (χ3n) is 7.19. The highest BCUT2D eigenvalue weighted by atomic mass is 35.5. The molecule has 2 aromatic heterocycles. The smallest absolute Gasteiger partial charge is 0.229 e. The molecule has 196 valence electrons. The van der Waals surface area contributed by atoms with Gasteiger partial charge in [-0.2, -0.15) is 0 Å². The Hall–Kier alpha value is -3.94. The summed E-state index contributed by atoms with van der Waals surface area (Å²) < 4.78 is 1.99. The lowest BCUT2D eigenvalue weighted by Crippen LogP contribution is -2.50. The first-order valence-corrected chi connectivity index (χ1v) is 13.6. The van der Waals surface area contributed by atoms with Gasteiger partial charge in [0.15, 0.2) is 17.0 Å². The summed E-state index contributed by atoms with van der Waals surface area (Å²) in [7, 11) is 0. The minimum absolute atomic E-state index is 0.140. The number of carbonyl (C=O) groups is 1. The van der Waals surface area contributed by atoms with Gasteiger partial charge in [-0.05, 0) is 48.9 Å². The number of hydrogen-bond donors (Lipinski definition) is 0. The molecule has 1 unspecified atom stereocenters. The summed E-state index contributed by atoms with van der Waals surface area (Å²) in [4.78, 5) is 31.6. The fourth-order valence-corrected chi connectivity index (χ4v) is 5.41. The Bertz CT molecular complexity index is 1630. The molecular formula is C30H26Cl2N6O. The SMILES string of the molecule is CC(C(=O)N1CCN(c2ncnc3c2nc(-c2ccccc2Cl)n3-c2ccc(Cl)cc2)CC1)c1ccccc1. The number of rotatable bonds is 5. The molecule has 7 nitrogen and oxygen atoms in total. The van der Waals surface area contributed by atoms with E-state index in [4.69, 9.17) is 28.2 Å². The highest BCUT2D eigenvalue weighted by Gasteiger charge is 2.28. The van der Waals surface area contributed by atoms with Crippen molar-refractivity contribution in [2.24, 2.45) is 0 Å². The van der Waals surface area contributed by atoms with Gasteiger partial charge in [-0.25, -0.2) is 15.0 Å². The van der Waals surface area contributed by atoms with Crippen LogP contribution in [0.25, 0.3) is 28.2 Å². The predicted octanol–water partition coefficient (Wildman–Crippen LogP) is 6.24. The molecule has 0 spiro atoms. The van der Waals surface area contributed by atoms with Crippen LogP contribution in [0.5, 0.6) is 0 Å². The number of halogens is 2. The van der Waals surface area contributed by atoms with Gasteiger partial charge in [-0.3, -0.25) is 9.36 Å². The van der Waals surface area contributed by atoms with Gasteiger partial charge in [0.05, 0.1) is 10.9 Å². The van der Waals surface area contributed by atoms with Crippen LogP contribution in [0.3, 0.4) is 0 Å². The monoisotopic (exact) mass is 556 g/mol. The maximum Gasteiger partial charge on any atom is 0.229 e. The molecule has 0 bridgehead atoms. The van der Waals surface area contributed by atoms with Crippen molar-refractivity contribution in [3.05, 3.63) is 101 Å². The molecule has 1 saturated heterocycles. The van der Waals surface area contributed by atoms with Gasteiger partial charge in [0, 0.05) is 42.5 Å². The quantitative estimate of drug-likeness (QED) is 0.256. The molecule has 3 heterocycles. The first kappa shape index (κ1) is 25.3.